The molecule has 2 aromatic carbocycles. The van der Waals surface area contributed by atoms with E-state index >= 15 is 0 Å². The maximum Gasteiger partial charge on any atom is 0.243 e. The second kappa shape index (κ2) is 8.64. The topological polar surface area (TPSA) is 57.7 Å². The summed E-state index contributed by atoms with van der Waals surface area (Å²) >= 11 is 5.92. The van der Waals surface area contributed by atoms with Crippen molar-refractivity contribution in [1.82, 2.24) is 9.21 Å². The molecular formula is C21H25ClN2O3S. The molecule has 0 saturated carbocycles. The third kappa shape index (κ3) is 4.74. The number of carbonyl (C=O) groups is 1. The zero-order valence-corrected chi connectivity index (χ0v) is 17.8. The number of hydrogen-bond donors (Lipinski definition) is 0. The fraction of sp³-hybridized carbons (Fsp3) is 0.381. The van der Waals surface area contributed by atoms with Crippen LogP contribution in [0.2, 0.25) is 5.02 Å². The van der Waals surface area contributed by atoms with Gasteiger partial charge in [-0.25, -0.2) is 8.42 Å². The lowest BCUT2D eigenvalue weighted by Gasteiger charge is -2.34. The summed E-state index contributed by atoms with van der Waals surface area (Å²) in [7, 11) is -3.59. The van der Waals surface area contributed by atoms with Crippen LogP contribution < -0.4 is 0 Å². The summed E-state index contributed by atoms with van der Waals surface area (Å²) in [4.78, 5) is 14.5. The van der Waals surface area contributed by atoms with Gasteiger partial charge in [0.1, 0.15) is 0 Å². The highest BCUT2D eigenvalue weighted by molar-refractivity contribution is 7.89. The number of nitrogens with zero attached hydrogens (tertiary/aromatic N) is 2. The Hall–Kier alpha value is -1.89. The normalized spacial score (nSPS) is 15.6. The van der Waals surface area contributed by atoms with Gasteiger partial charge in [0, 0.05) is 37.6 Å². The van der Waals surface area contributed by atoms with Crippen LogP contribution in [-0.2, 0) is 21.2 Å². The molecule has 0 spiro atoms. The molecular weight excluding hydrogens is 396 g/mol. The highest BCUT2D eigenvalue weighted by Crippen LogP contribution is 2.21. The van der Waals surface area contributed by atoms with Crippen molar-refractivity contribution in [2.24, 2.45) is 0 Å². The summed E-state index contributed by atoms with van der Waals surface area (Å²) in [5, 5.41) is 0.390. The van der Waals surface area contributed by atoms with Crippen LogP contribution >= 0.6 is 11.6 Å². The monoisotopic (exact) mass is 420 g/mol. The van der Waals surface area contributed by atoms with Crippen LogP contribution in [0, 0.1) is 13.8 Å². The number of sulfonamides is 1. The molecule has 3 rings (SSSR count). The second-order valence-electron chi connectivity index (χ2n) is 7.17. The van der Waals surface area contributed by atoms with E-state index in [9.17, 15) is 13.2 Å². The van der Waals surface area contributed by atoms with Crippen molar-refractivity contribution in [2.45, 2.75) is 31.6 Å². The first-order valence-electron chi connectivity index (χ1n) is 9.37. The van der Waals surface area contributed by atoms with Gasteiger partial charge in [0.25, 0.3) is 0 Å². The van der Waals surface area contributed by atoms with Crippen molar-refractivity contribution in [2.75, 3.05) is 26.2 Å². The Bertz CT molecular complexity index is 967. The van der Waals surface area contributed by atoms with Crippen molar-refractivity contribution in [3.05, 3.63) is 64.2 Å². The van der Waals surface area contributed by atoms with E-state index < -0.39 is 10.0 Å². The number of halogens is 1. The highest BCUT2D eigenvalue weighted by atomic mass is 35.5. The van der Waals surface area contributed by atoms with Gasteiger partial charge in [-0.3, -0.25) is 4.79 Å². The van der Waals surface area contributed by atoms with Crippen molar-refractivity contribution in [3.63, 3.8) is 0 Å². The van der Waals surface area contributed by atoms with Gasteiger partial charge >= 0.3 is 0 Å². The average Bonchev–Trinajstić information content (AvgIpc) is 2.67. The Labute approximate surface area is 172 Å². The van der Waals surface area contributed by atoms with Crippen molar-refractivity contribution >= 4 is 27.5 Å². The number of rotatable bonds is 5. The molecule has 28 heavy (non-hydrogen) atoms. The van der Waals surface area contributed by atoms with Gasteiger partial charge in [-0.2, -0.15) is 4.31 Å². The van der Waals surface area contributed by atoms with Crippen molar-refractivity contribution in [3.8, 4) is 0 Å². The number of amides is 1. The van der Waals surface area contributed by atoms with Crippen LogP contribution in [0.1, 0.15) is 23.1 Å². The molecule has 0 bridgehead atoms. The molecule has 1 saturated heterocycles. The SMILES string of the molecule is Cc1ccc(CCC(=O)N2CCN(S(=O)(=O)c3cccc(Cl)c3)CC2)c(C)c1. The molecule has 1 fully saturated rings. The van der Waals surface area contributed by atoms with Gasteiger partial charge in [0.2, 0.25) is 15.9 Å². The van der Waals surface area contributed by atoms with Crippen LogP contribution in [0.5, 0.6) is 0 Å². The average molecular weight is 421 g/mol. The molecule has 1 heterocycles. The van der Waals surface area contributed by atoms with Gasteiger partial charge in [0.15, 0.2) is 0 Å². The Morgan fingerprint density at radius 1 is 1.04 bits per heavy atom. The molecule has 0 unspecified atom stereocenters. The molecule has 0 atom stereocenters. The predicted octanol–water partition coefficient (Wildman–Crippen LogP) is 3.42. The fourth-order valence-electron chi connectivity index (χ4n) is 3.48. The van der Waals surface area contributed by atoms with Gasteiger partial charge < -0.3 is 4.90 Å². The molecule has 0 aliphatic carbocycles. The summed E-state index contributed by atoms with van der Waals surface area (Å²) < 4.78 is 26.9. The minimum Gasteiger partial charge on any atom is -0.340 e. The summed E-state index contributed by atoms with van der Waals surface area (Å²) in [6.45, 7) is 5.52. The van der Waals surface area contributed by atoms with E-state index in [0.29, 0.717) is 44.0 Å². The maximum absolute atomic E-state index is 12.8. The number of hydrogen-bond acceptors (Lipinski definition) is 3. The van der Waals surface area contributed by atoms with Crippen LogP contribution in [-0.4, -0.2) is 49.7 Å². The Kier molecular flexibility index (Phi) is 6.43. The van der Waals surface area contributed by atoms with Crippen LogP contribution in [0.3, 0.4) is 0 Å². The third-order valence-electron chi connectivity index (χ3n) is 5.13. The Morgan fingerprint density at radius 2 is 1.75 bits per heavy atom. The zero-order chi connectivity index (χ0) is 20.3. The first-order chi connectivity index (χ1) is 13.3. The molecule has 0 aromatic heterocycles. The maximum atomic E-state index is 12.8. The fourth-order valence-corrected chi connectivity index (χ4v) is 5.20. The Morgan fingerprint density at radius 3 is 2.39 bits per heavy atom. The summed E-state index contributed by atoms with van der Waals surface area (Å²) in [5.41, 5.74) is 3.59. The first kappa shape index (κ1) is 20.8. The van der Waals surface area contributed by atoms with E-state index in [-0.39, 0.29) is 10.8 Å². The van der Waals surface area contributed by atoms with Gasteiger partial charge in [-0.05, 0) is 49.6 Å². The van der Waals surface area contributed by atoms with E-state index in [2.05, 4.69) is 32.0 Å². The zero-order valence-electron chi connectivity index (χ0n) is 16.2. The molecule has 2 aromatic rings. The first-order valence-corrected chi connectivity index (χ1v) is 11.2. The lowest BCUT2D eigenvalue weighted by Crippen LogP contribution is -2.50. The Balaban J connectivity index is 1.56. The summed E-state index contributed by atoms with van der Waals surface area (Å²) in [6.07, 6.45) is 1.14. The number of aryl methyl sites for hydroxylation is 3. The lowest BCUT2D eigenvalue weighted by molar-refractivity contribution is -0.132. The lowest BCUT2D eigenvalue weighted by atomic mass is 10.0. The standard InChI is InChI=1S/C21H25ClN2O3S/c1-16-6-7-18(17(2)14-16)8-9-21(25)23-10-12-24(13-11-23)28(26,27)20-5-3-4-19(22)15-20/h3-7,14-15H,8-13H2,1-2H3. The molecule has 1 aliphatic rings. The summed E-state index contributed by atoms with van der Waals surface area (Å²) in [5.74, 6) is 0.0692. The predicted molar refractivity (Wildman–Crippen MR) is 111 cm³/mol. The second-order valence-corrected chi connectivity index (χ2v) is 9.55. The van der Waals surface area contributed by atoms with E-state index in [1.807, 2.05) is 0 Å². The smallest absolute Gasteiger partial charge is 0.243 e. The number of carbonyl (C=O) groups excluding carboxylic acids is 1. The summed E-state index contributed by atoms with van der Waals surface area (Å²) in [6, 6.07) is 12.5. The van der Waals surface area contributed by atoms with Crippen LogP contribution in [0.15, 0.2) is 47.4 Å². The van der Waals surface area contributed by atoms with Crippen molar-refractivity contribution < 1.29 is 13.2 Å². The van der Waals surface area contributed by atoms with Gasteiger partial charge in [0.05, 0.1) is 4.90 Å². The minimum atomic E-state index is -3.59. The largest absolute Gasteiger partial charge is 0.340 e. The quantitative estimate of drug-likeness (QED) is 0.744. The van der Waals surface area contributed by atoms with E-state index in [0.717, 1.165) is 0 Å². The van der Waals surface area contributed by atoms with Gasteiger partial charge in [-0.15, -0.1) is 0 Å². The molecule has 0 radical (unpaired) electrons. The van der Waals surface area contributed by atoms with Gasteiger partial charge in [-0.1, -0.05) is 41.4 Å². The third-order valence-corrected chi connectivity index (χ3v) is 7.26. The van der Waals surface area contributed by atoms with E-state index in [4.69, 9.17) is 11.6 Å². The molecule has 5 nitrogen and oxygen atoms in total. The van der Waals surface area contributed by atoms with Crippen molar-refractivity contribution in [1.29, 1.82) is 0 Å². The number of piperazine rings is 1. The van der Waals surface area contributed by atoms with Crippen LogP contribution in [0.4, 0.5) is 0 Å². The highest BCUT2D eigenvalue weighted by Gasteiger charge is 2.30. The van der Waals surface area contributed by atoms with E-state index in [1.54, 1.807) is 23.1 Å². The van der Waals surface area contributed by atoms with E-state index in [1.165, 1.54) is 27.1 Å². The molecule has 1 aliphatic heterocycles. The molecule has 1 amide bonds. The minimum absolute atomic E-state index is 0.0692. The molecule has 150 valence electrons. The van der Waals surface area contributed by atoms with Crippen LogP contribution in [0.25, 0.3) is 0 Å². The molecule has 7 heteroatoms. The molecule has 0 N–H and O–H groups in total. The number of benzene rings is 2.